The number of carbonyl (C=O) groups excluding carboxylic acids is 2. The van der Waals surface area contributed by atoms with Crippen molar-refractivity contribution in [2.75, 3.05) is 6.61 Å². The molecule has 0 radical (unpaired) electrons. The highest BCUT2D eigenvalue weighted by atomic mass is 19.4. The van der Waals surface area contributed by atoms with E-state index in [1.54, 1.807) is 0 Å². The fraction of sp³-hybridized carbons (Fsp3) is 0.176. The number of carbonyl (C=O) groups is 2. The molecule has 0 amide bonds. The van der Waals surface area contributed by atoms with Gasteiger partial charge in [-0.05, 0) is 22.3 Å². The van der Waals surface area contributed by atoms with Gasteiger partial charge in [-0.1, -0.05) is 48.5 Å². The summed E-state index contributed by atoms with van der Waals surface area (Å²) in [4.78, 5) is 21.9. The van der Waals surface area contributed by atoms with Gasteiger partial charge in [0, 0.05) is 5.92 Å². The van der Waals surface area contributed by atoms with Crippen LogP contribution in [0.15, 0.2) is 48.5 Å². The second-order valence-electron chi connectivity index (χ2n) is 5.18. The van der Waals surface area contributed by atoms with Crippen molar-refractivity contribution in [3.05, 3.63) is 59.7 Å². The molecule has 0 unspecified atom stereocenters. The first-order chi connectivity index (χ1) is 11.4. The lowest BCUT2D eigenvalue weighted by Crippen LogP contribution is -2.28. The summed E-state index contributed by atoms with van der Waals surface area (Å²) >= 11 is 0. The Balaban J connectivity index is 1.74. The van der Waals surface area contributed by atoms with Crippen molar-refractivity contribution in [2.24, 2.45) is 0 Å². The van der Waals surface area contributed by atoms with Gasteiger partial charge in [-0.25, -0.2) is 9.59 Å². The molecule has 24 heavy (non-hydrogen) atoms. The van der Waals surface area contributed by atoms with E-state index in [0.29, 0.717) is 0 Å². The number of fused-ring (bicyclic) bond motifs is 3. The molecule has 3 rings (SSSR count). The molecule has 0 fully saturated rings. The van der Waals surface area contributed by atoms with Gasteiger partial charge in [-0.3, -0.25) is 0 Å². The lowest BCUT2D eigenvalue weighted by atomic mass is 9.98. The first-order valence-corrected chi connectivity index (χ1v) is 7.02. The number of benzene rings is 2. The second-order valence-corrected chi connectivity index (χ2v) is 5.18. The Morgan fingerprint density at radius 2 is 1.42 bits per heavy atom. The molecule has 0 spiro atoms. The molecule has 0 N–H and O–H groups in total. The van der Waals surface area contributed by atoms with Gasteiger partial charge in [0.1, 0.15) is 6.61 Å². The smallest absolute Gasteiger partial charge is 0.433 e. The van der Waals surface area contributed by atoms with E-state index >= 15 is 0 Å². The Morgan fingerprint density at radius 1 is 0.917 bits per heavy atom. The van der Waals surface area contributed by atoms with Crippen LogP contribution >= 0.6 is 0 Å². The molecule has 0 bridgehead atoms. The van der Waals surface area contributed by atoms with Crippen LogP contribution < -0.4 is 0 Å². The van der Waals surface area contributed by atoms with Crippen LogP contribution in [0.2, 0.25) is 0 Å². The van der Waals surface area contributed by atoms with Crippen LogP contribution in [0.25, 0.3) is 11.1 Å². The number of esters is 1. The summed E-state index contributed by atoms with van der Waals surface area (Å²) in [6, 6.07) is 14.9. The van der Waals surface area contributed by atoms with E-state index in [1.807, 2.05) is 48.5 Å². The SMILES string of the molecule is O=C(OCC1c2ccccc2-c2ccccc21)OC(=O)C(F)(F)F. The van der Waals surface area contributed by atoms with Gasteiger partial charge in [0.2, 0.25) is 0 Å². The molecule has 124 valence electrons. The summed E-state index contributed by atoms with van der Waals surface area (Å²) in [6.45, 7) is -0.224. The predicted molar refractivity (Wildman–Crippen MR) is 77.2 cm³/mol. The van der Waals surface area contributed by atoms with E-state index in [-0.39, 0.29) is 12.5 Å². The van der Waals surface area contributed by atoms with Crippen molar-refractivity contribution in [3.63, 3.8) is 0 Å². The van der Waals surface area contributed by atoms with Crippen molar-refractivity contribution in [1.29, 1.82) is 0 Å². The van der Waals surface area contributed by atoms with Crippen LogP contribution in [0.4, 0.5) is 18.0 Å². The van der Waals surface area contributed by atoms with Crippen LogP contribution in [0.1, 0.15) is 17.0 Å². The molecule has 1 aliphatic carbocycles. The maximum Gasteiger partial charge on any atom is 0.516 e. The molecule has 0 saturated heterocycles. The normalized spacial score (nSPS) is 13.1. The number of alkyl halides is 3. The number of ether oxygens (including phenoxy) is 2. The monoisotopic (exact) mass is 336 g/mol. The number of hydrogen-bond donors (Lipinski definition) is 0. The van der Waals surface area contributed by atoms with E-state index in [9.17, 15) is 22.8 Å². The molecule has 7 heteroatoms. The quantitative estimate of drug-likeness (QED) is 0.613. The van der Waals surface area contributed by atoms with Crippen LogP contribution in [-0.2, 0) is 14.3 Å². The van der Waals surface area contributed by atoms with Crippen molar-refractivity contribution < 1.29 is 32.2 Å². The van der Waals surface area contributed by atoms with Crippen molar-refractivity contribution >= 4 is 12.1 Å². The average Bonchev–Trinajstić information content (AvgIpc) is 2.86. The van der Waals surface area contributed by atoms with Gasteiger partial charge in [-0.2, -0.15) is 13.2 Å². The van der Waals surface area contributed by atoms with Gasteiger partial charge in [0.15, 0.2) is 0 Å². The summed E-state index contributed by atoms with van der Waals surface area (Å²) in [6.07, 6.45) is -6.91. The van der Waals surface area contributed by atoms with Gasteiger partial charge < -0.3 is 9.47 Å². The average molecular weight is 336 g/mol. The number of halogens is 3. The largest absolute Gasteiger partial charge is 0.516 e. The van der Waals surface area contributed by atoms with Gasteiger partial charge in [0.05, 0.1) is 0 Å². The van der Waals surface area contributed by atoms with Crippen LogP contribution in [-0.4, -0.2) is 24.9 Å². The summed E-state index contributed by atoms with van der Waals surface area (Å²) in [5.74, 6) is -2.93. The molecule has 0 heterocycles. The Labute approximate surface area is 134 Å². The summed E-state index contributed by atoms with van der Waals surface area (Å²) in [5.41, 5.74) is 3.74. The highest BCUT2D eigenvalue weighted by Gasteiger charge is 2.43. The van der Waals surface area contributed by atoms with Crippen molar-refractivity contribution in [3.8, 4) is 11.1 Å². The maximum absolute atomic E-state index is 12.1. The van der Waals surface area contributed by atoms with Gasteiger partial charge in [0.25, 0.3) is 0 Å². The number of hydrogen-bond acceptors (Lipinski definition) is 4. The topological polar surface area (TPSA) is 52.6 Å². The molecule has 2 aromatic rings. The van der Waals surface area contributed by atoms with Crippen LogP contribution in [0.5, 0.6) is 0 Å². The summed E-state index contributed by atoms with van der Waals surface area (Å²) < 4.78 is 44.5. The molecule has 0 atom stereocenters. The minimum atomic E-state index is -5.24. The molecule has 0 aromatic heterocycles. The molecule has 4 nitrogen and oxygen atoms in total. The third-order valence-electron chi connectivity index (χ3n) is 3.74. The van der Waals surface area contributed by atoms with E-state index < -0.39 is 18.3 Å². The van der Waals surface area contributed by atoms with Gasteiger partial charge >= 0.3 is 18.3 Å². The molecule has 0 aliphatic heterocycles. The van der Waals surface area contributed by atoms with Crippen LogP contribution in [0.3, 0.4) is 0 Å². The Hall–Kier alpha value is -2.83. The third kappa shape index (κ3) is 2.97. The molecular weight excluding hydrogens is 325 g/mol. The highest BCUT2D eigenvalue weighted by Crippen LogP contribution is 2.44. The minimum Gasteiger partial charge on any atom is -0.433 e. The van der Waals surface area contributed by atoms with E-state index in [4.69, 9.17) is 4.74 Å². The molecule has 2 aromatic carbocycles. The fourth-order valence-electron chi connectivity index (χ4n) is 2.75. The fourth-order valence-corrected chi connectivity index (χ4v) is 2.75. The summed E-state index contributed by atoms with van der Waals surface area (Å²) in [5, 5.41) is 0. The van der Waals surface area contributed by atoms with Crippen molar-refractivity contribution in [2.45, 2.75) is 12.1 Å². The van der Waals surface area contributed by atoms with Crippen LogP contribution in [0, 0.1) is 0 Å². The van der Waals surface area contributed by atoms with E-state index in [2.05, 4.69) is 4.74 Å². The minimum absolute atomic E-state index is 0.224. The zero-order chi connectivity index (χ0) is 17.3. The lowest BCUT2D eigenvalue weighted by molar-refractivity contribution is -0.195. The zero-order valence-corrected chi connectivity index (χ0v) is 12.2. The predicted octanol–water partition coefficient (Wildman–Crippen LogP) is 4.04. The van der Waals surface area contributed by atoms with Crippen molar-refractivity contribution in [1.82, 2.24) is 0 Å². The molecule has 1 aliphatic rings. The lowest BCUT2D eigenvalue weighted by Gasteiger charge is -2.13. The third-order valence-corrected chi connectivity index (χ3v) is 3.74. The molecular formula is C17H11F3O4. The highest BCUT2D eigenvalue weighted by molar-refractivity contribution is 5.85. The molecule has 0 saturated carbocycles. The Bertz CT molecular complexity index is 753. The number of rotatable bonds is 2. The summed E-state index contributed by atoms with van der Waals surface area (Å²) in [7, 11) is 0. The first kappa shape index (κ1) is 16.0. The Morgan fingerprint density at radius 3 is 1.92 bits per heavy atom. The van der Waals surface area contributed by atoms with E-state index in [0.717, 1.165) is 22.3 Å². The first-order valence-electron chi connectivity index (χ1n) is 7.02. The van der Waals surface area contributed by atoms with E-state index in [1.165, 1.54) is 0 Å². The zero-order valence-electron chi connectivity index (χ0n) is 12.2. The second kappa shape index (κ2) is 5.99. The maximum atomic E-state index is 12.1. The Kier molecular flexibility index (Phi) is 4.01. The van der Waals surface area contributed by atoms with Gasteiger partial charge in [-0.15, -0.1) is 0 Å². The standard InChI is InChI=1S/C17H11F3O4/c18-17(19,20)15(21)24-16(22)23-9-14-12-7-3-1-5-10(12)11-6-2-4-8-13(11)14/h1-8,14H,9H2.